The molecular formula is C23H22Cl2N5O4+. The number of anilines is 1. The number of quaternary nitrogens is 1. The number of methoxy groups -OCH3 is 2. The molecule has 0 saturated heterocycles. The van der Waals surface area contributed by atoms with Crippen LogP contribution in [0.4, 0.5) is 5.69 Å². The first-order chi connectivity index (χ1) is 16.3. The summed E-state index contributed by atoms with van der Waals surface area (Å²) in [4.78, 5) is 29.5. The van der Waals surface area contributed by atoms with Crippen LogP contribution in [0.3, 0.4) is 0 Å². The number of carbonyl (C=O) groups excluding carboxylic acids is 2. The van der Waals surface area contributed by atoms with Crippen molar-refractivity contribution in [3.05, 3.63) is 81.9 Å². The predicted molar refractivity (Wildman–Crippen MR) is 129 cm³/mol. The Bertz CT molecular complexity index is 1220. The van der Waals surface area contributed by atoms with E-state index in [1.807, 2.05) is 6.20 Å². The van der Waals surface area contributed by atoms with Gasteiger partial charge < -0.3 is 15.2 Å². The van der Waals surface area contributed by atoms with Crippen molar-refractivity contribution in [3.63, 3.8) is 0 Å². The number of nitrogens with two attached hydrogens (primary N) is 1. The summed E-state index contributed by atoms with van der Waals surface area (Å²) >= 11 is 12.8. The second kappa shape index (κ2) is 9.76. The smallest absolute Gasteiger partial charge is 0.337 e. The number of esters is 1. The molecule has 0 radical (unpaired) electrons. The minimum absolute atomic E-state index is 0.319. The number of rotatable bonds is 7. The molecule has 0 fully saturated rings. The van der Waals surface area contributed by atoms with Gasteiger partial charge >= 0.3 is 5.97 Å². The van der Waals surface area contributed by atoms with Gasteiger partial charge in [-0.1, -0.05) is 29.3 Å². The van der Waals surface area contributed by atoms with E-state index in [9.17, 15) is 9.59 Å². The molecule has 2 aliphatic rings. The first-order valence-corrected chi connectivity index (χ1v) is 11.0. The van der Waals surface area contributed by atoms with Gasteiger partial charge in [0.15, 0.2) is 0 Å². The Kier molecular flexibility index (Phi) is 6.78. The fourth-order valence-corrected chi connectivity index (χ4v) is 4.38. The molecule has 2 unspecified atom stereocenters. The summed E-state index contributed by atoms with van der Waals surface area (Å²) in [5.41, 5.74) is 11.3. The molecule has 0 aromatic heterocycles. The number of hydrogen-bond donors (Lipinski definition) is 3. The van der Waals surface area contributed by atoms with Crippen molar-refractivity contribution in [2.45, 2.75) is 12.5 Å². The summed E-state index contributed by atoms with van der Waals surface area (Å²) in [6, 6.07) is 9.20. The molecule has 2 aliphatic heterocycles. The number of nitrogens with zero attached hydrogens (tertiary/aromatic N) is 2. The molecule has 4 N–H and O–H groups in total. The molecule has 11 heteroatoms. The summed E-state index contributed by atoms with van der Waals surface area (Å²) < 4.78 is 10.2. The van der Waals surface area contributed by atoms with Gasteiger partial charge in [0.25, 0.3) is 5.91 Å². The predicted octanol–water partition coefficient (Wildman–Crippen LogP) is 2.14. The highest BCUT2D eigenvalue weighted by atomic mass is 35.5. The molecular weight excluding hydrogens is 481 g/mol. The van der Waals surface area contributed by atoms with Gasteiger partial charge in [-0.05, 0) is 35.9 Å². The summed E-state index contributed by atoms with van der Waals surface area (Å²) in [6.45, 7) is 0. The molecule has 4 rings (SSSR count). The van der Waals surface area contributed by atoms with E-state index in [2.05, 4.69) is 10.4 Å². The molecule has 1 amide bonds. The molecule has 2 atom stereocenters. The number of amidine groups is 1. The van der Waals surface area contributed by atoms with Crippen LogP contribution in [0.15, 0.2) is 65.7 Å². The lowest BCUT2D eigenvalue weighted by Gasteiger charge is -2.35. The number of nitrogens with one attached hydrogen (secondary N) is 2. The fraction of sp³-hybridized carbons (Fsp3) is 0.174. The van der Waals surface area contributed by atoms with E-state index in [1.165, 1.54) is 20.3 Å². The Labute approximate surface area is 206 Å². The lowest BCUT2D eigenvalue weighted by atomic mass is 10.1. The minimum atomic E-state index is -0.888. The van der Waals surface area contributed by atoms with E-state index in [-0.39, 0.29) is 0 Å². The second-order valence-corrected chi connectivity index (χ2v) is 8.32. The van der Waals surface area contributed by atoms with Gasteiger partial charge in [0.05, 0.1) is 44.3 Å². The minimum Gasteiger partial charge on any atom is -0.494 e. The van der Waals surface area contributed by atoms with Crippen molar-refractivity contribution in [1.29, 1.82) is 0 Å². The molecule has 0 aliphatic carbocycles. The van der Waals surface area contributed by atoms with Gasteiger partial charge in [-0.15, -0.1) is 0 Å². The number of hydrazine groups is 1. The molecule has 0 bridgehead atoms. The highest BCUT2D eigenvalue weighted by molar-refractivity contribution is 6.36. The third-order valence-electron chi connectivity index (χ3n) is 5.48. The summed E-state index contributed by atoms with van der Waals surface area (Å²) in [5.74, 6) is -0.215. The molecule has 0 saturated carbocycles. The zero-order valence-corrected chi connectivity index (χ0v) is 19.9. The van der Waals surface area contributed by atoms with Crippen LogP contribution in [0.25, 0.3) is 0 Å². The van der Waals surface area contributed by atoms with Gasteiger partial charge in [0.2, 0.25) is 11.9 Å². The van der Waals surface area contributed by atoms with Crippen LogP contribution in [-0.2, 0) is 16.0 Å². The SMILES string of the molecule is COC(=O)c1ccc(NN2C=C(Cc3c(Cl)cccc3Cl)[NH+]3C=CN=C3C2C(N)=O)c(OC)c1. The second-order valence-electron chi connectivity index (χ2n) is 7.51. The average Bonchev–Trinajstić information content (AvgIpc) is 3.30. The van der Waals surface area contributed by atoms with Crippen LogP contribution in [0.2, 0.25) is 10.0 Å². The van der Waals surface area contributed by atoms with Crippen molar-refractivity contribution < 1.29 is 24.0 Å². The Morgan fingerprint density at radius 1 is 1.21 bits per heavy atom. The van der Waals surface area contributed by atoms with E-state index >= 15 is 0 Å². The molecule has 2 aromatic rings. The maximum absolute atomic E-state index is 12.5. The molecule has 9 nitrogen and oxygen atoms in total. The van der Waals surface area contributed by atoms with Crippen LogP contribution in [0, 0.1) is 0 Å². The normalized spacial score (nSPS) is 18.6. The van der Waals surface area contributed by atoms with Crippen LogP contribution < -0.4 is 20.8 Å². The maximum Gasteiger partial charge on any atom is 0.337 e. The number of ether oxygens (including phenoxy) is 2. The van der Waals surface area contributed by atoms with Crippen LogP contribution >= 0.6 is 23.2 Å². The first-order valence-electron chi connectivity index (χ1n) is 10.2. The van der Waals surface area contributed by atoms with Gasteiger partial charge in [-0.25, -0.2) is 14.7 Å². The number of halogens is 2. The zero-order valence-electron chi connectivity index (χ0n) is 18.3. The van der Waals surface area contributed by atoms with Gasteiger partial charge in [0.1, 0.15) is 17.6 Å². The van der Waals surface area contributed by atoms with Crippen molar-refractivity contribution in [1.82, 2.24) is 5.01 Å². The van der Waals surface area contributed by atoms with E-state index < -0.39 is 17.9 Å². The highest BCUT2D eigenvalue weighted by Crippen LogP contribution is 2.29. The number of amides is 1. The number of primary amides is 1. The quantitative estimate of drug-likeness (QED) is 0.500. The average molecular weight is 503 g/mol. The van der Waals surface area contributed by atoms with E-state index in [0.717, 1.165) is 16.2 Å². The number of allylic oxidation sites excluding steroid dienone is 1. The van der Waals surface area contributed by atoms with Crippen molar-refractivity contribution in [2.75, 3.05) is 19.6 Å². The lowest BCUT2D eigenvalue weighted by molar-refractivity contribution is -0.704. The van der Waals surface area contributed by atoms with Gasteiger partial charge in [0, 0.05) is 10.0 Å². The van der Waals surface area contributed by atoms with Crippen LogP contribution in [0.1, 0.15) is 15.9 Å². The molecule has 176 valence electrons. The fourth-order valence-electron chi connectivity index (χ4n) is 3.85. The van der Waals surface area contributed by atoms with Crippen molar-refractivity contribution in [2.24, 2.45) is 10.7 Å². The monoisotopic (exact) mass is 502 g/mol. The van der Waals surface area contributed by atoms with E-state index in [1.54, 1.807) is 47.7 Å². The van der Waals surface area contributed by atoms with E-state index in [0.29, 0.717) is 39.3 Å². The van der Waals surface area contributed by atoms with Gasteiger partial charge in [-0.2, -0.15) is 0 Å². The molecule has 0 spiro atoms. The molecule has 34 heavy (non-hydrogen) atoms. The Morgan fingerprint density at radius 3 is 2.59 bits per heavy atom. The molecule has 2 heterocycles. The Morgan fingerprint density at radius 2 is 1.94 bits per heavy atom. The third kappa shape index (κ3) is 4.45. The standard InChI is InChI=1S/C23H21Cl2N5O4/c1-33-19-10-13(23(32)34-2)6-7-18(19)28-30-12-14(11-15-16(24)4-3-5-17(15)25)29-9-8-27-22(29)20(30)21(26)31/h3-10,12,20,28H,11H2,1-2H3,(H2,26,31)/p+1. The first kappa shape index (κ1) is 23.6. The topological polar surface area (TPSA) is 111 Å². The highest BCUT2D eigenvalue weighted by Gasteiger charge is 2.43. The maximum atomic E-state index is 12.5. The summed E-state index contributed by atoms with van der Waals surface area (Å²) in [6.07, 6.45) is 5.62. The zero-order chi connectivity index (χ0) is 24.4. The Balaban J connectivity index is 1.74. The number of benzene rings is 2. The van der Waals surface area contributed by atoms with Crippen LogP contribution in [-0.4, -0.2) is 43.0 Å². The molecule has 2 aromatic carbocycles. The number of aliphatic imine (C=N–C) groups is 1. The van der Waals surface area contributed by atoms with Gasteiger partial charge in [-0.3, -0.25) is 15.2 Å². The van der Waals surface area contributed by atoms with E-state index in [4.69, 9.17) is 38.4 Å². The lowest BCUT2D eigenvalue weighted by Crippen LogP contribution is -3.11. The summed E-state index contributed by atoms with van der Waals surface area (Å²) in [7, 11) is 2.77. The number of fused-ring (bicyclic) bond motifs is 1. The Hall–Kier alpha value is -3.53. The van der Waals surface area contributed by atoms with Crippen molar-refractivity contribution >= 4 is 46.6 Å². The third-order valence-corrected chi connectivity index (χ3v) is 6.19. The van der Waals surface area contributed by atoms with Crippen LogP contribution in [0.5, 0.6) is 5.75 Å². The summed E-state index contributed by atoms with van der Waals surface area (Å²) in [5, 5.41) is 2.63. The number of hydrogen-bond acceptors (Lipinski definition) is 7. The largest absolute Gasteiger partial charge is 0.494 e. The number of carbonyl (C=O) groups is 2. The van der Waals surface area contributed by atoms with Crippen molar-refractivity contribution in [3.8, 4) is 5.75 Å².